The molecular formula is C11H7ClO2S. The summed E-state index contributed by atoms with van der Waals surface area (Å²) in [6.07, 6.45) is 0.816. The highest BCUT2D eigenvalue weighted by Gasteiger charge is 2.05. The van der Waals surface area contributed by atoms with Crippen LogP contribution in [0.15, 0.2) is 30.3 Å². The van der Waals surface area contributed by atoms with Gasteiger partial charge in [0.15, 0.2) is 6.29 Å². The number of rotatable bonds is 2. The van der Waals surface area contributed by atoms with Crippen LogP contribution in [-0.4, -0.2) is 11.4 Å². The van der Waals surface area contributed by atoms with Crippen molar-refractivity contribution in [2.24, 2.45) is 0 Å². The lowest BCUT2D eigenvalue weighted by Gasteiger charge is -1.99. The molecule has 1 aromatic carbocycles. The molecule has 1 N–H and O–H groups in total. The molecule has 0 aliphatic heterocycles. The molecule has 2 nitrogen and oxygen atoms in total. The zero-order valence-electron chi connectivity index (χ0n) is 7.61. The van der Waals surface area contributed by atoms with Gasteiger partial charge in [-0.25, -0.2) is 0 Å². The van der Waals surface area contributed by atoms with Crippen LogP contribution >= 0.6 is 22.9 Å². The number of thiophene rings is 1. The summed E-state index contributed by atoms with van der Waals surface area (Å²) >= 11 is 7.18. The molecule has 1 aromatic heterocycles. The first-order valence-electron chi connectivity index (χ1n) is 4.24. The van der Waals surface area contributed by atoms with Crippen LogP contribution in [0.4, 0.5) is 0 Å². The molecule has 0 bridgehead atoms. The lowest BCUT2D eigenvalue weighted by atomic mass is 10.2. The van der Waals surface area contributed by atoms with Crippen molar-refractivity contribution in [3.63, 3.8) is 0 Å². The first-order chi connectivity index (χ1) is 7.20. The molecule has 0 saturated carbocycles. The van der Waals surface area contributed by atoms with Crippen molar-refractivity contribution in [3.8, 4) is 16.2 Å². The van der Waals surface area contributed by atoms with Gasteiger partial charge in [-0.3, -0.25) is 4.79 Å². The number of halogens is 1. The molecule has 4 heteroatoms. The first-order valence-corrected chi connectivity index (χ1v) is 5.44. The van der Waals surface area contributed by atoms with E-state index >= 15 is 0 Å². The highest BCUT2D eigenvalue weighted by Crippen LogP contribution is 2.32. The van der Waals surface area contributed by atoms with Crippen LogP contribution in [0.3, 0.4) is 0 Å². The van der Waals surface area contributed by atoms with Gasteiger partial charge in [0.2, 0.25) is 0 Å². The zero-order valence-corrected chi connectivity index (χ0v) is 9.18. The Kier molecular flexibility index (Phi) is 2.75. The molecule has 76 valence electrons. The minimum absolute atomic E-state index is 0.0626. The van der Waals surface area contributed by atoms with Crippen LogP contribution < -0.4 is 0 Å². The van der Waals surface area contributed by atoms with Crippen LogP contribution in [0.25, 0.3) is 10.4 Å². The largest absolute Gasteiger partial charge is 0.506 e. The molecule has 1 heterocycles. The van der Waals surface area contributed by atoms with Gasteiger partial charge >= 0.3 is 0 Å². The summed E-state index contributed by atoms with van der Waals surface area (Å²) < 4.78 is 0. The van der Waals surface area contributed by atoms with E-state index in [-0.39, 0.29) is 5.75 Å². The number of benzene rings is 1. The lowest BCUT2D eigenvalue weighted by molar-refractivity contribution is 0.112. The Morgan fingerprint density at radius 1 is 1.27 bits per heavy atom. The molecule has 2 aromatic rings. The molecule has 15 heavy (non-hydrogen) atoms. The number of phenolic OH excluding ortho intramolecular Hbond substituents is 1. The zero-order chi connectivity index (χ0) is 10.8. The summed E-state index contributed by atoms with van der Waals surface area (Å²) in [5, 5.41) is 9.57. The smallest absolute Gasteiger partial charge is 0.160 e. The fourth-order valence-electron chi connectivity index (χ4n) is 1.23. The Bertz CT molecular complexity index is 505. The highest BCUT2D eigenvalue weighted by molar-refractivity contribution is 7.17. The molecular weight excluding hydrogens is 232 g/mol. The van der Waals surface area contributed by atoms with Crippen molar-refractivity contribution in [1.29, 1.82) is 0 Å². The fourth-order valence-corrected chi connectivity index (χ4v) is 2.23. The van der Waals surface area contributed by atoms with Crippen LogP contribution in [0.2, 0.25) is 5.02 Å². The van der Waals surface area contributed by atoms with Crippen LogP contribution in [-0.2, 0) is 0 Å². The second-order valence-electron chi connectivity index (χ2n) is 2.99. The standard InChI is InChI=1S/C11H7ClO2S/c12-9-5-7(1-3-10(9)14)11-4-2-8(6-13)15-11/h1-6,14H. The molecule has 0 radical (unpaired) electrons. The van der Waals surface area contributed by atoms with E-state index in [1.54, 1.807) is 18.2 Å². The number of hydrogen-bond donors (Lipinski definition) is 1. The summed E-state index contributed by atoms with van der Waals surface area (Å²) in [5.41, 5.74) is 0.899. The van der Waals surface area contributed by atoms with E-state index < -0.39 is 0 Å². The monoisotopic (exact) mass is 238 g/mol. The van der Waals surface area contributed by atoms with Crippen molar-refractivity contribution in [2.75, 3.05) is 0 Å². The van der Waals surface area contributed by atoms with Gasteiger partial charge in [0.1, 0.15) is 5.75 Å². The van der Waals surface area contributed by atoms with Gasteiger partial charge in [-0.05, 0) is 35.9 Å². The summed E-state index contributed by atoms with van der Waals surface area (Å²) in [6, 6.07) is 8.60. The van der Waals surface area contributed by atoms with E-state index in [9.17, 15) is 9.90 Å². The summed E-state index contributed by atoms with van der Waals surface area (Å²) in [4.78, 5) is 12.1. The van der Waals surface area contributed by atoms with Gasteiger partial charge < -0.3 is 5.11 Å². The first kappa shape index (κ1) is 10.2. The predicted octanol–water partition coefficient (Wildman–Crippen LogP) is 3.59. The van der Waals surface area contributed by atoms with Gasteiger partial charge in [-0.2, -0.15) is 0 Å². The lowest BCUT2D eigenvalue weighted by Crippen LogP contribution is -1.73. The topological polar surface area (TPSA) is 37.3 Å². The second-order valence-corrected chi connectivity index (χ2v) is 4.51. The Hall–Kier alpha value is -1.32. The van der Waals surface area contributed by atoms with Crippen molar-refractivity contribution < 1.29 is 9.90 Å². The molecule has 0 aliphatic carbocycles. The average molecular weight is 239 g/mol. The normalized spacial score (nSPS) is 10.2. The Labute approximate surface area is 95.8 Å². The minimum Gasteiger partial charge on any atom is -0.506 e. The van der Waals surface area contributed by atoms with Crippen molar-refractivity contribution in [3.05, 3.63) is 40.2 Å². The SMILES string of the molecule is O=Cc1ccc(-c2ccc(O)c(Cl)c2)s1. The highest BCUT2D eigenvalue weighted by atomic mass is 35.5. The number of hydrogen-bond acceptors (Lipinski definition) is 3. The summed E-state index contributed by atoms with van der Waals surface area (Å²) in [6.45, 7) is 0. The van der Waals surface area contributed by atoms with E-state index in [0.717, 1.165) is 16.7 Å². The average Bonchev–Trinajstić information content (AvgIpc) is 2.70. The number of aromatic hydroxyl groups is 1. The number of phenols is 1. The third-order valence-electron chi connectivity index (χ3n) is 1.98. The van der Waals surface area contributed by atoms with Crippen molar-refractivity contribution in [2.45, 2.75) is 0 Å². The number of carbonyl (C=O) groups excluding carboxylic acids is 1. The molecule has 0 unspecified atom stereocenters. The van der Waals surface area contributed by atoms with Gasteiger partial charge in [-0.15, -0.1) is 11.3 Å². The molecule has 0 atom stereocenters. The van der Waals surface area contributed by atoms with E-state index in [4.69, 9.17) is 11.6 Å². The maximum absolute atomic E-state index is 10.5. The van der Waals surface area contributed by atoms with Crippen LogP contribution in [0.1, 0.15) is 9.67 Å². The van der Waals surface area contributed by atoms with E-state index in [2.05, 4.69) is 0 Å². The maximum atomic E-state index is 10.5. The third kappa shape index (κ3) is 2.03. The Morgan fingerprint density at radius 3 is 2.67 bits per heavy atom. The summed E-state index contributed by atoms with van der Waals surface area (Å²) in [7, 11) is 0. The number of aldehydes is 1. The van der Waals surface area contributed by atoms with E-state index in [0.29, 0.717) is 9.90 Å². The van der Waals surface area contributed by atoms with Gasteiger partial charge in [0.25, 0.3) is 0 Å². The second kappa shape index (κ2) is 4.04. The van der Waals surface area contributed by atoms with Crippen molar-refractivity contribution in [1.82, 2.24) is 0 Å². The molecule has 0 saturated heterocycles. The number of carbonyl (C=O) groups is 1. The van der Waals surface area contributed by atoms with E-state index in [1.807, 2.05) is 6.07 Å². The van der Waals surface area contributed by atoms with Gasteiger partial charge in [-0.1, -0.05) is 11.6 Å². The third-order valence-corrected chi connectivity index (χ3v) is 3.34. The molecule has 0 spiro atoms. The van der Waals surface area contributed by atoms with Crippen molar-refractivity contribution >= 4 is 29.2 Å². The predicted molar refractivity (Wildman–Crippen MR) is 61.8 cm³/mol. The molecule has 0 aliphatic rings. The quantitative estimate of drug-likeness (QED) is 0.812. The summed E-state index contributed by atoms with van der Waals surface area (Å²) in [5.74, 6) is 0.0626. The van der Waals surface area contributed by atoms with E-state index in [1.165, 1.54) is 17.4 Å². The molecule has 0 amide bonds. The molecule has 0 fully saturated rings. The molecule has 2 rings (SSSR count). The fraction of sp³-hybridized carbons (Fsp3) is 0. The van der Waals surface area contributed by atoms with Crippen LogP contribution in [0, 0.1) is 0 Å². The Morgan fingerprint density at radius 2 is 2.07 bits per heavy atom. The van der Waals surface area contributed by atoms with Gasteiger partial charge in [0.05, 0.1) is 9.90 Å². The minimum atomic E-state index is 0.0626. The van der Waals surface area contributed by atoms with Gasteiger partial charge in [0, 0.05) is 4.88 Å². The van der Waals surface area contributed by atoms with Crippen LogP contribution in [0.5, 0.6) is 5.75 Å². The maximum Gasteiger partial charge on any atom is 0.160 e. The Balaban J connectivity index is 2.44.